The summed E-state index contributed by atoms with van der Waals surface area (Å²) in [5, 5.41) is 4.11. The second-order valence-electron chi connectivity index (χ2n) is 5.04. The first-order valence-corrected chi connectivity index (χ1v) is 8.09. The fraction of sp³-hybridized carbons (Fsp3) is 0.235. The summed E-state index contributed by atoms with van der Waals surface area (Å²) in [7, 11) is 0. The van der Waals surface area contributed by atoms with Gasteiger partial charge in [-0.25, -0.2) is 0 Å². The lowest BCUT2D eigenvalue weighted by Crippen LogP contribution is -2.30. The number of aryl methyl sites for hydroxylation is 1. The van der Waals surface area contributed by atoms with E-state index in [1.807, 2.05) is 29.6 Å². The van der Waals surface area contributed by atoms with Crippen LogP contribution in [-0.4, -0.2) is 10.8 Å². The molecule has 3 aromatic heterocycles. The van der Waals surface area contributed by atoms with Crippen LogP contribution in [0.4, 0.5) is 0 Å². The first-order chi connectivity index (χ1) is 10.8. The summed E-state index contributed by atoms with van der Waals surface area (Å²) in [4.78, 5) is 14.3. The zero-order chi connectivity index (χ0) is 15.2. The van der Waals surface area contributed by atoms with Crippen LogP contribution in [0.5, 0.6) is 0 Å². The molecule has 3 heterocycles. The van der Waals surface area contributed by atoms with Crippen LogP contribution >= 0.6 is 11.3 Å². The smallest absolute Gasteiger partial charge is 0.223 e. The van der Waals surface area contributed by atoms with Crippen LogP contribution in [0.1, 0.15) is 23.5 Å². The summed E-state index contributed by atoms with van der Waals surface area (Å²) in [6, 6.07) is 9.47. The Hall–Kier alpha value is -2.27. The number of carbonyl (C=O) groups excluding carboxylic acids is 1. The number of amides is 1. The Kier molecular flexibility index (Phi) is 4.75. The number of rotatable bonds is 7. The standard InChI is InChI=1S/C17H17NO3S/c19-17(6-5-14-7-10-22-13-14)18(11-15-3-1-8-20-15)12-16-4-2-9-21-16/h1-4,7-10,13H,5-6,11-12H2. The van der Waals surface area contributed by atoms with Crippen molar-refractivity contribution in [2.24, 2.45) is 0 Å². The summed E-state index contributed by atoms with van der Waals surface area (Å²) < 4.78 is 10.7. The SMILES string of the molecule is O=C(CCc1ccsc1)N(Cc1ccco1)Cc1ccco1. The van der Waals surface area contributed by atoms with Gasteiger partial charge in [0.05, 0.1) is 25.6 Å². The second-order valence-corrected chi connectivity index (χ2v) is 5.82. The van der Waals surface area contributed by atoms with Gasteiger partial charge in [-0.05, 0) is 53.1 Å². The highest BCUT2D eigenvalue weighted by molar-refractivity contribution is 7.07. The molecule has 0 saturated heterocycles. The van der Waals surface area contributed by atoms with E-state index in [1.165, 1.54) is 5.56 Å². The summed E-state index contributed by atoms with van der Waals surface area (Å²) in [5.74, 6) is 1.64. The lowest BCUT2D eigenvalue weighted by atomic mass is 10.1. The molecule has 4 nitrogen and oxygen atoms in total. The van der Waals surface area contributed by atoms with Gasteiger partial charge in [-0.3, -0.25) is 4.79 Å². The van der Waals surface area contributed by atoms with E-state index in [9.17, 15) is 4.79 Å². The average Bonchev–Trinajstić information content (AvgIpc) is 3.27. The maximum Gasteiger partial charge on any atom is 0.223 e. The number of thiophene rings is 1. The Balaban J connectivity index is 1.64. The minimum atomic E-state index is 0.0963. The zero-order valence-corrected chi connectivity index (χ0v) is 12.9. The number of hydrogen-bond donors (Lipinski definition) is 0. The van der Waals surface area contributed by atoms with Crippen LogP contribution in [0.2, 0.25) is 0 Å². The predicted octanol–water partition coefficient (Wildman–Crippen LogP) is 4.10. The predicted molar refractivity (Wildman–Crippen MR) is 84.3 cm³/mol. The molecule has 0 atom stereocenters. The molecule has 5 heteroatoms. The lowest BCUT2D eigenvalue weighted by Gasteiger charge is -2.20. The monoisotopic (exact) mass is 315 g/mol. The summed E-state index contributed by atoms with van der Waals surface area (Å²) in [6.07, 6.45) is 4.49. The third-order valence-corrected chi connectivity index (χ3v) is 4.15. The highest BCUT2D eigenvalue weighted by Crippen LogP contribution is 2.15. The van der Waals surface area contributed by atoms with Crippen LogP contribution in [-0.2, 0) is 24.3 Å². The van der Waals surface area contributed by atoms with Gasteiger partial charge in [0.25, 0.3) is 0 Å². The Labute approximate surface area is 133 Å². The van der Waals surface area contributed by atoms with E-state index < -0.39 is 0 Å². The van der Waals surface area contributed by atoms with Crippen molar-refractivity contribution < 1.29 is 13.6 Å². The molecule has 0 aliphatic carbocycles. The summed E-state index contributed by atoms with van der Waals surface area (Å²) in [5.41, 5.74) is 1.20. The Bertz CT molecular complexity index is 635. The quantitative estimate of drug-likeness (QED) is 0.659. The third-order valence-electron chi connectivity index (χ3n) is 3.41. The summed E-state index contributed by atoms with van der Waals surface area (Å²) in [6.45, 7) is 0.909. The van der Waals surface area contributed by atoms with E-state index in [1.54, 1.807) is 28.8 Å². The van der Waals surface area contributed by atoms with Crippen LogP contribution in [0, 0.1) is 0 Å². The molecule has 0 aliphatic rings. The molecule has 114 valence electrons. The molecule has 0 bridgehead atoms. The molecule has 0 aromatic carbocycles. The van der Waals surface area contributed by atoms with Crippen LogP contribution in [0.25, 0.3) is 0 Å². The van der Waals surface area contributed by atoms with E-state index >= 15 is 0 Å². The van der Waals surface area contributed by atoms with Gasteiger partial charge in [0.15, 0.2) is 0 Å². The largest absolute Gasteiger partial charge is 0.467 e. The van der Waals surface area contributed by atoms with Gasteiger partial charge < -0.3 is 13.7 Å². The van der Waals surface area contributed by atoms with Gasteiger partial charge in [-0.15, -0.1) is 0 Å². The van der Waals surface area contributed by atoms with Crippen molar-refractivity contribution >= 4 is 17.2 Å². The van der Waals surface area contributed by atoms with E-state index in [2.05, 4.69) is 11.4 Å². The van der Waals surface area contributed by atoms with Gasteiger partial charge in [0, 0.05) is 6.42 Å². The number of hydrogen-bond acceptors (Lipinski definition) is 4. The van der Waals surface area contributed by atoms with Crippen molar-refractivity contribution in [3.8, 4) is 0 Å². The molecule has 0 fully saturated rings. The van der Waals surface area contributed by atoms with Crippen molar-refractivity contribution in [2.75, 3.05) is 0 Å². The maximum atomic E-state index is 12.5. The highest BCUT2D eigenvalue weighted by Gasteiger charge is 2.17. The van der Waals surface area contributed by atoms with E-state index in [0.717, 1.165) is 17.9 Å². The molecule has 0 radical (unpaired) electrons. The van der Waals surface area contributed by atoms with Gasteiger partial charge in [0.1, 0.15) is 11.5 Å². The molecule has 1 amide bonds. The van der Waals surface area contributed by atoms with Crippen LogP contribution in [0.3, 0.4) is 0 Å². The third kappa shape index (κ3) is 3.89. The number of furan rings is 2. The summed E-state index contributed by atoms with van der Waals surface area (Å²) >= 11 is 1.65. The fourth-order valence-electron chi connectivity index (χ4n) is 2.26. The number of carbonyl (C=O) groups is 1. The van der Waals surface area contributed by atoms with Crippen molar-refractivity contribution in [1.29, 1.82) is 0 Å². The second kappa shape index (κ2) is 7.13. The first-order valence-electron chi connectivity index (χ1n) is 7.15. The van der Waals surface area contributed by atoms with Crippen LogP contribution in [0.15, 0.2) is 62.5 Å². The van der Waals surface area contributed by atoms with E-state index in [-0.39, 0.29) is 5.91 Å². The van der Waals surface area contributed by atoms with E-state index in [4.69, 9.17) is 8.83 Å². The zero-order valence-electron chi connectivity index (χ0n) is 12.1. The van der Waals surface area contributed by atoms with Crippen molar-refractivity contribution in [2.45, 2.75) is 25.9 Å². The topological polar surface area (TPSA) is 46.6 Å². The fourth-order valence-corrected chi connectivity index (χ4v) is 2.96. The highest BCUT2D eigenvalue weighted by atomic mass is 32.1. The molecular formula is C17H17NO3S. The van der Waals surface area contributed by atoms with Gasteiger partial charge in [0.2, 0.25) is 5.91 Å². The molecular weight excluding hydrogens is 298 g/mol. The van der Waals surface area contributed by atoms with Crippen molar-refractivity contribution in [1.82, 2.24) is 4.90 Å². The first kappa shape index (κ1) is 14.7. The van der Waals surface area contributed by atoms with E-state index in [0.29, 0.717) is 19.5 Å². The molecule has 3 aromatic rings. The molecule has 0 spiro atoms. The lowest BCUT2D eigenvalue weighted by molar-refractivity contribution is -0.133. The van der Waals surface area contributed by atoms with Crippen LogP contribution < -0.4 is 0 Å². The Morgan fingerprint density at radius 2 is 1.73 bits per heavy atom. The molecule has 0 aliphatic heterocycles. The van der Waals surface area contributed by atoms with Gasteiger partial charge in [-0.1, -0.05) is 0 Å². The van der Waals surface area contributed by atoms with Gasteiger partial charge >= 0.3 is 0 Å². The maximum absolute atomic E-state index is 12.5. The minimum Gasteiger partial charge on any atom is -0.467 e. The molecule has 22 heavy (non-hydrogen) atoms. The molecule has 0 saturated carbocycles. The molecule has 3 rings (SSSR count). The van der Waals surface area contributed by atoms with Crippen molar-refractivity contribution in [3.05, 3.63) is 70.7 Å². The average molecular weight is 315 g/mol. The molecule has 0 unspecified atom stereocenters. The molecule has 0 N–H and O–H groups in total. The number of nitrogens with zero attached hydrogens (tertiary/aromatic N) is 1. The Morgan fingerprint density at radius 1 is 1.05 bits per heavy atom. The van der Waals surface area contributed by atoms with Crippen molar-refractivity contribution in [3.63, 3.8) is 0 Å². The normalized spacial score (nSPS) is 10.7. The van der Waals surface area contributed by atoms with Gasteiger partial charge in [-0.2, -0.15) is 11.3 Å². The Morgan fingerprint density at radius 3 is 2.23 bits per heavy atom. The minimum absolute atomic E-state index is 0.0963.